The normalized spacial score (nSPS) is 18.5. The van der Waals surface area contributed by atoms with Crippen LogP contribution in [0.4, 0.5) is 16.8 Å². The molecule has 0 saturated carbocycles. The Bertz CT molecular complexity index is 1590. The third-order valence-electron chi connectivity index (χ3n) is 6.80. The first-order chi connectivity index (χ1) is 20.7. The smallest absolute Gasteiger partial charge is 0.352 e. The molecule has 16 nitrogen and oxygen atoms in total. The maximum atomic E-state index is 13.3. The van der Waals surface area contributed by atoms with Gasteiger partial charge < -0.3 is 37.6 Å². The van der Waals surface area contributed by atoms with Crippen molar-refractivity contribution in [3.63, 3.8) is 0 Å². The fourth-order valence-corrected chi connectivity index (χ4v) is 7.47. The number of rotatable bonds is 12. The Kier molecular flexibility index (Phi) is 9.59. The molecular formula is C25H32N9O7S3+. The average molecular weight is 667 g/mol. The summed E-state index contributed by atoms with van der Waals surface area (Å²) in [5, 5.41) is 27.1. The zero-order valence-electron chi connectivity index (χ0n) is 24.2. The molecule has 2 aliphatic rings. The van der Waals surface area contributed by atoms with E-state index < -0.39 is 46.5 Å². The number of thioether (sulfide) groups is 2. The molecule has 2 amide bonds. The number of anilines is 3. The van der Waals surface area contributed by atoms with Crippen molar-refractivity contribution in [1.82, 2.24) is 20.2 Å². The van der Waals surface area contributed by atoms with E-state index in [2.05, 4.69) is 20.4 Å². The summed E-state index contributed by atoms with van der Waals surface area (Å²) in [6.45, 7) is 6.85. The number of oxime groups is 1. The van der Waals surface area contributed by atoms with Crippen LogP contribution in [0.15, 0.2) is 27.0 Å². The molecule has 2 aromatic rings. The standard InChI is InChI=1S/C25H31N9O7S3/c1-5-11-16(26)31-24(33(6-2)17(11)27)44-8-10-7-42-20-14(19(36)34(20)15(10)21(37)38)30-18(35)13(12-9-43-23(28)29-12)32-41-25(3,4)22(39)40/h9,14,20H,5-8H2,1-4H3,(H8,26,27,28,29,30,35,37,38,39,40)/p+1/b32-13-. The number of nitrogens with zero attached hydrogens (tertiary/aromatic N) is 5. The van der Waals surface area contributed by atoms with E-state index in [4.69, 9.17) is 22.0 Å². The second kappa shape index (κ2) is 12.9. The zero-order chi connectivity index (χ0) is 32.5. The summed E-state index contributed by atoms with van der Waals surface area (Å²) in [5.74, 6) is -2.86. The minimum Gasteiger partial charge on any atom is -0.478 e. The highest BCUT2D eigenvalue weighted by Gasteiger charge is 2.54. The van der Waals surface area contributed by atoms with Gasteiger partial charge in [-0.2, -0.15) is 0 Å². The van der Waals surface area contributed by atoms with Gasteiger partial charge in [0.1, 0.15) is 22.8 Å². The predicted octanol–water partition coefficient (Wildman–Crippen LogP) is 0.269. The number of nitrogens with two attached hydrogens (primary N) is 3. The highest BCUT2D eigenvalue weighted by molar-refractivity contribution is 8.01. The van der Waals surface area contributed by atoms with Gasteiger partial charge in [-0.3, -0.25) is 14.5 Å². The summed E-state index contributed by atoms with van der Waals surface area (Å²) >= 11 is 3.57. The number of aromatic nitrogens is 3. The lowest BCUT2D eigenvalue weighted by molar-refractivity contribution is -0.720. The molecule has 2 unspecified atom stereocenters. The lowest BCUT2D eigenvalue weighted by Crippen LogP contribution is -2.71. The Morgan fingerprint density at radius 2 is 1.95 bits per heavy atom. The van der Waals surface area contributed by atoms with Gasteiger partial charge in [-0.1, -0.05) is 17.1 Å². The van der Waals surface area contributed by atoms with E-state index in [0.29, 0.717) is 35.3 Å². The average Bonchev–Trinajstić information content (AvgIpc) is 3.39. The maximum absolute atomic E-state index is 13.3. The molecule has 19 heteroatoms. The number of hydrogen-bond acceptors (Lipinski definition) is 14. The van der Waals surface area contributed by atoms with Crippen LogP contribution >= 0.6 is 34.9 Å². The van der Waals surface area contributed by atoms with E-state index in [9.17, 15) is 29.4 Å². The van der Waals surface area contributed by atoms with Crippen LogP contribution in [0.3, 0.4) is 0 Å². The molecule has 9 N–H and O–H groups in total. The molecule has 0 aromatic carbocycles. The van der Waals surface area contributed by atoms with Crippen LogP contribution in [0.1, 0.15) is 39.0 Å². The monoisotopic (exact) mass is 666 g/mol. The minimum absolute atomic E-state index is 0.0164. The second-order valence-corrected chi connectivity index (χ2v) is 13.0. The van der Waals surface area contributed by atoms with E-state index in [1.165, 1.54) is 42.8 Å². The molecule has 44 heavy (non-hydrogen) atoms. The van der Waals surface area contributed by atoms with Gasteiger partial charge in [0.2, 0.25) is 17.2 Å². The van der Waals surface area contributed by atoms with Gasteiger partial charge in [0.15, 0.2) is 10.8 Å². The number of amides is 2. The Balaban J connectivity index is 1.55. The molecule has 2 aromatic heterocycles. The number of fused-ring (bicyclic) bond motifs is 1. The second-order valence-electron chi connectivity index (χ2n) is 10.1. The quantitative estimate of drug-likeness (QED) is 0.0444. The SMILES string of the molecule is CCc1c(N)nc(SCC2=C(C(=O)O)N3C(=O)C(NC(=O)/C(=N\OC(C)(C)C(=O)O)c4csc(N)n4)C3SC2)[n+](CC)c1N. The number of β-lactam (4-membered cyclic amide) rings is 1. The largest absolute Gasteiger partial charge is 0.478 e. The number of carbonyl (C=O) groups excluding carboxylic acids is 2. The number of thiazole rings is 1. The molecule has 0 spiro atoms. The van der Waals surface area contributed by atoms with Crippen molar-refractivity contribution in [3.8, 4) is 0 Å². The van der Waals surface area contributed by atoms with E-state index in [-0.39, 0.29) is 28.0 Å². The summed E-state index contributed by atoms with van der Waals surface area (Å²) in [5.41, 5.74) is 17.0. The van der Waals surface area contributed by atoms with Crippen LogP contribution in [0.5, 0.6) is 0 Å². The summed E-state index contributed by atoms with van der Waals surface area (Å²) < 4.78 is 1.80. The van der Waals surface area contributed by atoms with Crippen LogP contribution in [0, 0.1) is 0 Å². The number of carbonyl (C=O) groups is 4. The third-order valence-corrected chi connectivity index (χ3v) is 9.87. The molecule has 1 saturated heterocycles. The van der Waals surface area contributed by atoms with E-state index in [1.54, 1.807) is 4.57 Å². The lowest BCUT2D eigenvalue weighted by atomic mass is 10.0. The fourth-order valence-electron chi connectivity index (χ4n) is 4.36. The third kappa shape index (κ3) is 6.25. The summed E-state index contributed by atoms with van der Waals surface area (Å²) in [6, 6.07) is -1.09. The number of nitrogens with one attached hydrogen (secondary N) is 1. The van der Waals surface area contributed by atoms with Crippen molar-refractivity contribution < 1.29 is 38.8 Å². The van der Waals surface area contributed by atoms with Gasteiger partial charge in [-0.15, -0.1) is 23.1 Å². The number of carboxylic acids is 2. The van der Waals surface area contributed by atoms with Crippen molar-refractivity contribution in [2.24, 2.45) is 5.16 Å². The first kappa shape index (κ1) is 32.8. The first-order valence-electron chi connectivity index (χ1n) is 13.2. The summed E-state index contributed by atoms with van der Waals surface area (Å²) in [6.07, 6.45) is 0.606. The van der Waals surface area contributed by atoms with Crippen LogP contribution in [0.2, 0.25) is 0 Å². The molecule has 2 aliphatic heterocycles. The number of carboxylic acid groups (broad SMARTS) is 2. The summed E-state index contributed by atoms with van der Waals surface area (Å²) in [4.78, 5) is 65.1. The Morgan fingerprint density at radius 3 is 2.52 bits per heavy atom. The number of hydrogen-bond donors (Lipinski definition) is 6. The maximum Gasteiger partial charge on any atom is 0.352 e. The molecule has 0 aliphatic carbocycles. The minimum atomic E-state index is -1.77. The van der Waals surface area contributed by atoms with Crippen molar-refractivity contribution in [3.05, 3.63) is 27.9 Å². The van der Waals surface area contributed by atoms with Gasteiger partial charge >= 0.3 is 17.1 Å². The zero-order valence-corrected chi connectivity index (χ0v) is 26.6. The van der Waals surface area contributed by atoms with Crippen molar-refractivity contribution in [1.29, 1.82) is 0 Å². The van der Waals surface area contributed by atoms with E-state index >= 15 is 0 Å². The lowest BCUT2D eigenvalue weighted by Gasteiger charge is -2.49. The number of nitrogen functional groups attached to an aromatic ring is 3. The summed E-state index contributed by atoms with van der Waals surface area (Å²) in [7, 11) is 0. The Labute approximate surface area is 264 Å². The van der Waals surface area contributed by atoms with E-state index in [1.807, 2.05) is 13.8 Å². The van der Waals surface area contributed by atoms with Crippen molar-refractivity contribution in [2.45, 2.75) is 62.8 Å². The molecular weight excluding hydrogens is 635 g/mol. The van der Waals surface area contributed by atoms with Gasteiger partial charge in [-0.25, -0.2) is 19.1 Å². The molecule has 4 rings (SSSR count). The highest BCUT2D eigenvalue weighted by Crippen LogP contribution is 2.41. The van der Waals surface area contributed by atoms with Gasteiger partial charge in [-0.05, 0) is 44.5 Å². The molecule has 0 radical (unpaired) electrons. The van der Waals surface area contributed by atoms with Gasteiger partial charge in [0, 0.05) is 16.9 Å². The van der Waals surface area contributed by atoms with Crippen LogP contribution in [-0.4, -0.2) is 83.1 Å². The van der Waals surface area contributed by atoms with Gasteiger partial charge in [0.05, 0.1) is 12.1 Å². The molecule has 236 valence electrons. The van der Waals surface area contributed by atoms with Crippen LogP contribution < -0.4 is 27.1 Å². The van der Waals surface area contributed by atoms with E-state index in [0.717, 1.165) is 21.8 Å². The Hall–Kier alpha value is -4.10. The number of aliphatic carboxylic acids is 2. The molecule has 2 atom stereocenters. The highest BCUT2D eigenvalue weighted by atomic mass is 32.2. The van der Waals surface area contributed by atoms with Gasteiger partial charge in [0.25, 0.3) is 11.8 Å². The van der Waals surface area contributed by atoms with Crippen molar-refractivity contribution in [2.75, 3.05) is 28.7 Å². The predicted molar refractivity (Wildman–Crippen MR) is 165 cm³/mol. The Morgan fingerprint density at radius 1 is 1.25 bits per heavy atom. The topological polar surface area (TPSA) is 253 Å². The van der Waals surface area contributed by atoms with Crippen molar-refractivity contribution >= 4 is 81.1 Å². The first-order valence-corrected chi connectivity index (χ1v) is 16.1. The molecule has 4 heterocycles. The molecule has 0 bridgehead atoms. The van der Waals surface area contributed by atoms with Crippen LogP contribution in [0.25, 0.3) is 0 Å². The van der Waals surface area contributed by atoms with Crippen LogP contribution in [-0.2, 0) is 37.0 Å². The molecule has 1 fully saturated rings. The fraction of sp³-hybridized carbons (Fsp3) is 0.440.